The van der Waals surface area contributed by atoms with Crippen molar-refractivity contribution in [3.05, 3.63) is 12.2 Å². The summed E-state index contributed by atoms with van der Waals surface area (Å²) in [7, 11) is 0. The fourth-order valence-corrected chi connectivity index (χ4v) is 2.65. The van der Waals surface area contributed by atoms with Gasteiger partial charge in [0.2, 0.25) is 0 Å². The summed E-state index contributed by atoms with van der Waals surface area (Å²) in [4.78, 5) is 13.9. The maximum Gasteiger partial charge on any atom is 0.334 e. The SMILES string of the molecule is C=C(CN1CCCCCC1CC(C)O)C(=O)OCC. The fourth-order valence-electron chi connectivity index (χ4n) is 2.65. The van der Waals surface area contributed by atoms with E-state index in [1.54, 1.807) is 6.92 Å². The molecule has 0 spiro atoms. The normalized spacial score (nSPS) is 22.6. The Labute approximate surface area is 116 Å². The number of carbonyl (C=O) groups is 1. The highest BCUT2D eigenvalue weighted by molar-refractivity contribution is 5.88. The van der Waals surface area contributed by atoms with Gasteiger partial charge >= 0.3 is 5.97 Å². The first kappa shape index (κ1) is 16.2. The van der Waals surface area contributed by atoms with Crippen molar-refractivity contribution in [1.29, 1.82) is 0 Å². The average molecular weight is 269 g/mol. The Bertz CT molecular complexity index is 302. The molecule has 1 fully saturated rings. The van der Waals surface area contributed by atoms with E-state index < -0.39 is 0 Å². The minimum Gasteiger partial charge on any atom is -0.463 e. The topological polar surface area (TPSA) is 49.8 Å². The molecule has 0 bridgehead atoms. The standard InChI is InChI=1S/C15H27NO3/c1-4-19-15(18)12(2)11-16-9-7-5-6-8-14(16)10-13(3)17/h13-14,17H,2,4-11H2,1,3H3. The molecule has 0 saturated carbocycles. The number of carbonyl (C=O) groups excluding carboxylic acids is 1. The van der Waals surface area contributed by atoms with Crippen LogP contribution in [-0.2, 0) is 9.53 Å². The fraction of sp³-hybridized carbons (Fsp3) is 0.800. The zero-order valence-corrected chi connectivity index (χ0v) is 12.2. The molecule has 0 aromatic heterocycles. The van der Waals surface area contributed by atoms with Crippen molar-refractivity contribution in [3.8, 4) is 0 Å². The Morgan fingerprint density at radius 1 is 1.47 bits per heavy atom. The van der Waals surface area contributed by atoms with Gasteiger partial charge in [0, 0.05) is 18.2 Å². The lowest BCUT2D eigenvalue weighted by Gasteiger charge is -2.31. The molecule has 2 unspecified atom stereocenters. The molecule has 1 rings (SSSR count). The third-order valence-electron chi connectivity index (χ3n) is 3.57. The van der Waals surface area contributed by atoms with Gasteiger partial charge in [-0.25, -0.2) is 4.79 Å². The number of rotatable bonds is 6. The number of aliphatic hydroxyl groups excluding tert-OH is 1. The van der Waals surface area contributed by atoms with E-state index in [0.717, 1.165) is 25.8 Å². The van der Waals surface area contributed by atoms with Crippen LogP contribution in [-0.4, -0.2) is 47.8 Å². The van der Waals surface area contributed by atoms with Crippen molar-refractivity contribution in [1.82, 2.24) is 4.90 Å². The molecule has 0 radical (unpaired) electrons. The van der Waals surface area contributed by atoms with Gasteiger partial charge in [-0.15, -0.1) is 0 Å². The van der Waals surface area contributed by atoms with Gasteiger partial charge in [0.1, 0.15) is 0 Å². The van der Waals surface area contributed by atoms with Crippen LogP contribution in [0.4, 0.5) is 0 Å². The number of hydrogen-bond acceptors (Lipinski definition) is 4. The second-order valence-corrected chi connectivity index (χ2v) is 5.38. The summed E-state index contributed by atoms with van der Waals surface area (Å²) in [6, 6.07) is 0.341. The molecule has 0 amide bonds. The molecular weight excluding hydrogens is 242 g/mol. The van der Waals surface area contributed by atoms with Gasteiger partial charge in [-0.3, -0.25) is 4.90 Å². The average Bonchev–Trinajstić information content (AvgIpc) is 2.55. The van der Waals surface area contributed by atoms with E-state index in [9.17, 15) is 9.90 Å². The molecule has 110 valence electrons. The van der Waals surface area contributed by atoms with Gasteiger partial charge in [-0.05, 0) is 39.7 Å². The molecular formula is C15H27NO3. The van der Waals surface area contributed by atoms with E-state index in [1.165, 1.54) is 12.8 Å². The first-order valence-corrected chi connectivity index (χ1v) is 7.31. The Hall–Kier alpha value is -0.870. The highest BCUT2D eigenvalue weighted by Crippen LogP contribution is 2.21. The molecule has 4 nitrogen and oxygen atoms in total. The van der Waals surface area contributed by atoms with E-state index in [1.807, 2.05) is 6.92 Å². The summed E-state index contributed by atoms with van der Waals surface area (Å²) >= 11 is 0. The Kier molecular flexibility index (Phi) is 7.10. The first-order valence-electron chi connectivity index (χ1n) is 7.31. The second-order valence-electron chi connectivity index (χ2n) is 5.38. The highest BCUT2D eigenvalue weighted by atomic mass is 16.5. The van der Waals surface area contributed by atoms with Crippen LogP contribution in [0.15, 0.2) is 12.2 Å². The van der Waals surface area contributed by atoms with Crippen molar-refractivity contribution in [2.24, 2.45) is 0 Å². The Balaban J connectivity index is 2.59. The van der Waals surface area contributed by atoms with Crippen LogP contribution in [0.2, 0.25) is 0 Å². The predicted molar refractivity (Wildman–Crippen MR) is 75.9 cm³/mol. The number of hydrogen-bond donors (Lipinski definition) is 1. The van der Waals surface area contributed by atoms with Crippen molar-refractivity contribution in [3.63, 3.8) is 0 Å². The quantitative estimate of drug-likeness (QED) is 0.593. The summed E-state index contributed by atoms with van der Waals surface area (Å²) in [5.74, 6) is -0.303. The lowest BCUT2D eigenvalue weighted by atomic mass is 10.0. The summed E-state index contributed by atoms with van der Waals surface area (Å²) in [5.41, 5.74) is 0.513. The van der Waals surface area contributed by atoms with Gasteiger partial charge in [0.05, 0.1) is 12.7 Å². The van der Waals surface area contributed by atoms with Crippen LogP contribution < -0.4 is 0 Å². The smallest absolute Gasteiger partial charge is 0.334 e. The molecule has 1 heterocycles. The third-order valence-corrected chi connectivity index (χ3v) is 3.57. The number of nitrogens with zero attached hydrogens (tertiary/aromatic N) is 1. The minimum atomic E-state index is -0.304. The van der Waals surface area contributed by atoms with E-state index in [4.69, 9.17) is 4.74 Å². The van der Waals surface area contributed by atoms with Gasteiger partial charge < -0.3 is 9.84 Å². The number of likely N-dealkylation sites (tertiary alicyclic amines) is 1. The van der Waals surface area contributed by atoms with Crippen molar-refractivity contribution in [2.75, 3.05) is 19.7 Å². The molecule has 0 aromatic rings. The predicted octanol–water partition coefficient (Wildman–Crippen LogP) is 2.12. The first-order chi connectivity index (χ1) is 9.04. The molecule has 0 aromatic carbocycles. The van der Waals surface area contributed by atoms with Crippen LogP contribution in [0.25, 0.3) is 0 Å². The molecule has 19 heavy (non-hydrogen) atoms. The molecule has 1 saturated heterocycles. The number of ether oxygens (including phenoxy) is 1. The number of esters is 1. The van der Waals surface area contributed by atoms with Crippen molar-refractivity contribution in [2.45, 2.75) is 58.1 Å². The number of aliphatic hydroxyl groups is 1. The summed E-state index contributed by atoms with van der Waals surface area (Å²) in [5, 5.41) is 9.60. The zero-order valence-electron chi connectivity index (χ0n) is 12.2. The Morgan fingerprint density at radius 2 is 2.21 bits per heavy atom. The lowest BCUT2D eigenvalue weighted by molar-refractivity contribution is -0.138. The zero-order chi connectivity index (χ0) is 14.3. The summed E-state index contributed by atoms with van der Waals surface area (Å²) < 4.78 is 4.98. The van der Waals surface area contributed by atoms with Gasteiger partial charge in [-0.1, -0.05) is 19.4 Å². The minimum absolute atomic E-state index is 0.303. The van der Waals surface area contributed by atoms with Crippen molar-refractivity contribution >= 4 is 5.97 Å². The lowest BCUT2D eigenvalue weighted by Crippen LogP contribution is -2.39. The van der Waals surface area contributed by atoms with Crippen molar-refractivity contribution < 1.29 is 14.6 Å². The maximum atomic E-state index is 11.6. The van der Waals surface area contributed by atoms with Gasteiger partial charge in [0.25, 0.3) is 0 Å². The molecule has 2 atom stereocenters. The molecule has 0 aliphatic carbocycles. The van der Waals surface area contributed by atoms with Gasteiger partial charge in [-0.2, -0.15) is 0 Å². The molecule has 1 N–H and O–H groups in total. The maximum absolute atomic E-state index is 11.6. The van der Waals surface area contributed by atoms with Crippen LogP contribution in [0, 0.1) is 0 Å². The van der Waals surface area contributed by atoms with Crippen LogP contribution in [0.1, 0.15) is 46.0 Å². The van der Waals surface area contributed by atoms with Crippen LogP contribution in [0.5, 0.6) is 0 Å². The monoisotopic (exact) mass is 269 g/mol. The Morgan fingerprint density at radius 3 is 2.84 bits per heavy atom. The van der Waals surface area contributed by atoms with E-state index >= 15 is 0 Å². The van der Waals surface area contributed by atoms with E-state index in [2.05, 4.69) is 11.5 Å². The van der Waals surface area contributed by atoms with Crippen LogP contribution in [0.3, 0.4) is 0 Å². The molecule has 1 aliphatic heterocycles. The van der Waals surface area contributed by atoms with Crippen LogP contribution >= 0.6 is 0 Å². The molecule has 4 heteroatoms. The highest BCUT2D eigenvalue weighted by Gasteiger charge is 2.24. The van der Waals surface area contributed by atoms with Gasteiger partial charge in [0.15, 0.2) is 0 Å². The van der Waals surface area contributed by atoms with E-state index in [-0.39, 0.29) is 12.1 Å². The largest absolute Gasteiger partial charge is 0.463 e. The summed E-state index contributed by atoms with van der Waals surface area (Å²) in [6.07, 6.45) is 5.10. The second kappa shape index (κ2) is 8.33. The van der Waals surface area contributed by atoms with E-state index in [0.29, 0.717) is 24.8 Å². The third kappa shape index (κ3) is 5.74. The summed E-state index contributed by atoms with van der Waals surface area (Å²) in [6.45, 7) is 9.36. The molecule has 1 aliphatic rings.